The Bertz CT molecular complexity index is 805. The fourth-order valence-corrected chi connectivity index (χ4v) is 3.86. The van der Waals surface area contributed by atoms with Crippen molar-refractivity contribution in [1.29, 1.82) is 0 Å². The minimum atomic E-state index is -0.0198. The van der Waals surface area contributed by atoms with Gasteiger partial charge in [-0.2, -0.15) is 0 Å². The summed E-state index contributed by atoms with van der Waals surface area (Å²) in [5.41, 5.74) is 3.96. The van der Waals surface area contributed by atoms with Crippen molar-refractivity contribution in [2.24, 2.45) is 0 Å². The molecule has 1 aromatic carbocycles. The molecule has 1 amide bonds. The highest BCUT2D eigenvalue weighted by atomic mass is 32.2. The molecule has 0 saturated heterocycles. The van der Waals surface area contributed by atoms with Gasteiger partial charge < -0.3 is 9.64 Å². The first-order valence-electron chi connectivity index (χ1n) is 9.04. The Balaban J connectivity index is 1.92. The van der Waals surface area contributed by atoms with Crippen molar-refractivity contribution in [2.45, 2.75) is 50.6 Å². The third-order valence-electron chi connectivity index (χ3n) is 4.81. The number of amides is 1. The van der Waals surface area contributed by atoms with Gasteiger partial charge in [-0.3, -0.25) is 4.79 Å². The molecule has 0 radical (unpaired) electrons. The van der Waals surface area contributed by atoms with Gasteiger partial charge in [0.05, 0.1) is 7.11 Å². The number of aromatic nitrogens is 1. The maximum Gasteiger partial charge on any atom is 0.259 e. The van der Waals surface area contributed by atoms with E-state index in [0.717, 1.165) is 30.5 Å². The van der Waals surface area contributed by atoms with Crippen LogP contribution >= 0.6 is 11.8 Å². The summed E-state index contributed by atoms with van der Waals surface area (Å²) in [4.78, 5) is 21.0. The molecule has 3 rings (SSSR count). The molecule has 5 heteroatoms. The molecule has 4 nitrogen and oxygen atoms in total. The number of aryl methyl sites for hydroxylation is 2. The van der Waals surface area contributed by atoms with Gasteiger partial charge in [-0.25, -0.2) is 4.98 Å². The van der Waals surface area contributed by atoms with Crippen LogP contribution in [-0.2, 0) is 19.4 Å². The third-order valence-corrected chi connectivity index (χ3v) is 5.54. The average Bonchev–Trinajstić information content (AvgIpc) is 3.11. The molecule has 1 heterocycles. The number of nitrogens with zero attached hydrogens (tertiary/aromatic N) is 2. The van der Waals surface area contributed by atoms with E-state index in [9.17, 15) is 4.79 Å². The van der Waals surface area contributed by atoms with E-state index in [0.29, 0.717) is 18.0 Å². The zero-order valence-corrected chi connectivity index (χ0v) is 16.7. The summed E-state index contributed by atoms with van der Waals surface area (Å²) in [6.45, 7) is 4.67. The molecular weight excluding hydrogens is 344 g/mol. The van der Waals surface area contributed by atoms with Crippen molar-refractivity contribution in [3.8, 4) is 5.88 Å². The Morgan fingerprint density at radius 2 is 2.12 bits per heavy atom. The summed E-state index contributed by atoms with van der Waals surface area (Å²) >= 11 is 1.71. The van der Waals surface area contributed by atoms with Crippen molar-refractivity contribution in [3.05, 3.63) is 52.7 Å². The second-order valence-corrected chi connectivity index (χ2v) is 7.76. The number of hydrogen-bond acceptors (Lipinski definition) is 4. The molecule has 0 aliphatic heterocycles. The van der Waals surface area contributed by atoms with E-state index < -0.39 is 0 Å². The van der Waals surface area contributed by atoms with Crippen molar-refractivity contribution < 1.29 is 9.53 Å². The lowest BCUT2D eigenvalue weighted by Gasteiger charge is -2.28. The Labute approximate surface area is 160 Å². The van der Waals surface area contributed by atoms with E-state index >= 15 is 0 Å². The second kappa shape index (κ2) is 8.12. The number of benzene rings is 1. The van der Waals surface area contributed by atoms with Crippen LogP contribution in [0.25, 0.3) is 0 Å². The normalized spacial score (nSPS) is 13.0. The fraction of sp³-hybridized carbons (Fsp3) is 0.429. The molecule has 0 spiro atoms. The van der Waals surface area contributed by atoms with Gasteiger partial charge >= 0.3 is 0 Å². The van der Waals surface area contributed by atoms with Crippen LogP contribution < -0.4 is 4.74 Å². The summed E-state index contributed by atoms with van der Waals surface area (Å²) in [7, 11) is 1.59. The molecule has 0 N–H and O–H groups in total. The molecule has 0 saturated carbocycles. The first kappa shape index (κ1) is 18.8. The van der Waals surface area contributed by atoms with Gasteiger partial charge in [0.2, 0.25) is 5.88 Å². The first-order valence-corrected chi connectivity index (χ1v) is 10.3. The van der Waals surface area contributed by atoms with Crippen LogP contribution in [0, 0.1) is 0 Å². The third kappa shape index (κ3) is 3.88. The number of hydrogen-bond donors (Lipinski definition) is 0. The van der Waals surface area contributed by atoms with E-state index in [1.807, 2.05) is 30.9 Å². The summed E-state index contributed by atoms with van der Waals surface area (Å²) in [5, 5.41) is 0. The number of pyridine rings is 1. The number of thioether (sulfide) groups is 1. The molecule has 0 fully saturated rings. The lowest BCUT2D eigenvalue weighted by atomic mass is 10.1. The Morgan fingerprint density at radius 3 is 2.81 bits per heavy atom. The molecule has 2 aromatic rings. The lowest BCUT2D eigenvalue weighted by Crippen LogP contribution is -2.36. The van der Waals surface area contributed by atoms with Gasteiger partial charge in [0.15, 0.2) is 0 Å². The zero-order chi connectivity index (χ0) is 18.7. The van der Waals surface area contributed by atoms with Gasteiger partial charge in [-0.1, -0.05) is 12.1 Å². The number of ether oxygens (including phenoxy) is 1. The first-order chi connectivity index (χ1) is 12.5. The van der Waals surface area contributed by atoms with Crippen LogP contribution in [0.1, 0.15) is 47.4 Å². The fourth-order valence-electron chi connectivity index (χ4n) is 3.37. The number of rotatable bonds is 6. The van der Waals surface area contributed by atoms with Crippen molar-refractivity contribution in [1.82, 2.24) is 9.88 Å². The average molecular weight is 371 g/mol. The van der Waals surface area contributed by atoms with E-state index in [1.54, 1.807) is 18.9 Å². The SMILES string of the molecule is COc1nc2c(cc1C(=O)N(Cc1cccc(SC)c1)C(C)C)CCC2. The predicted octanol–water partition coefficient (Wildman–Crippen LogP) is 4.35. The van der Waals surface area contributed by atoms with E-state index in [-0.39, 0.29) is 11.9 Å². The molecule has 0 unspecified atom stereocenters. The highest BCUT2D eigenvalue weighted by molar-refractivity contribution is 7.98. The molecule has 26 heavy (non-hydrogen) atoms. The second-order valence-electron chi connectivity index (χ2n) is 6.88. The smallest absolute Gasteiger partial charge is 0.259 e. The van der Waals surface area contributed by atoms with Crippen LogP contribution in [0.2, 0.25) is 0 Å². The number of fused-ring (bicyclic) bond motifs is 1. The summed E-state index contributed by atoms with van der Waals surface area (Å²) in [6.07, 6.45) is 5.11. The van der Waals surface area contributed by atoms with Gasteiger partial charge in [-0.05, 0) is 68.7 Å². The molecule has 1 aliphatic carbocycles. The van der Waals surface area contributed by atoms with Gasteiger partial charge in [-0.15, -0.1) is 11.8 Å². The maximum atomic E-state index is 13.3. The zero-order valence-electron chi connectivity index (χ0n) is 15.9. The highest BCUT2D eigenvalue weighted by Gasteiger charge is 2.26. The van der Waals surface area contributed by atoms with E-state index in [1.165, 1.54) is 10.5 Å². The van der Waals surface area contributed by atoms with E-state index in [2.05, 4.69) is 29.4 Å². The minimum absolute atomic E-state index is 0.0198. The number of carbonyl (C=O) groups is 1. The highest BCUT2D eigenvalue weighted by Crippen LogP contribution is 2.28. The molecule has 0 atom stereocenters. The summed E-state index contributed by atoms with van der Waals surface area (Å²) in [5.74, 6) is 0.424. The van der Waals surface area contributed by atoms with Crippen LogP contribution in [0.5, 0.6) is 5.88 Å². The van der Waals surface area contributed by atoms with Gasteiger partial charge in [0.25, 0.3) is 5.91 Å². The predicted molar refractivity (Wildman–Crippen MR) is 106 cm³/mol. The Hall–Kier alpha value is -2.01. The monoisotopic (exact) mass is 370 g/mol. The molecule has 1 aromatic heterocycles. The van der Waals surface area contributed by atoms with Crippen LogP contribution in [-0.4, -0.2) is 35.2 Å². The quantitative estimate of drug-likeness (QED) is 0.709. The van der Waals surface area contributed by atoms with Crippen molar-refractivity contribution in [3.63, 3.8) is 0 Å². The Morgan fingerprint density at radius 1 is 1.31 bits per heavy atom. The van der Waals surface area contributed by atoms with Crippen molar-refractivity contribution in [2.75, 3.05) is 13.4 Å². The molecular formula is C21H26N2O2S. The lowest BCUT2D eigenvalue weighted by molar-refractivity contribution is 0.0686. The van der Waals surface area contributed by atoms with Gasteiger partial charge in [0.1, 0.15) is 5.56 Å². The summed E-state index contributed by atoms with van der Waals surface area (Å²) < 4.78 is 5.45. The topological polar surface area (TPSA) is 42.4 Å². The van der Waals surface area contributed by atoms with Gasteiger partial charge in [0, 0.05) is 23.2 Å². The summed E-state index contributed by atoms with van der Waals surface area (Å²) in [6, 6.07) is 10.4. The van der Waals surface area contributed by atoms with Crippen LogP contribution in [0.4, 0.5) is 0 Å². The van der Waals surface area contributed by atoms with Crippen LogP contribution in [0.3, 0.4) is 0 Å². The molecule has 0 bridgehead atoms. The minimum Gasteiger partial charge on any atom is -0.480 e. The van der Waals surface area contributed by atoms with E-state index in [4.69, 9.17) is 4.74 Å². The standard InChI is InChI=1S/C21H26N2O2S/c1-14(2)23(13-15-7-5-9-17(11-15)26-4)21(24)18-12-16-8-6-10-19(16)22-20(18)25-3/h5,7,9,11-12,14H,6,8,10,13H2,1-4H3. The van der Waals surface area contributed by atoms with Crippen LogP contribution in [0.15, 0.2) is 35.2 Å². The number of carbonyl (C=O) groups excluding carboxylic acids is 1. The van der Waals surface area contributed by atoms with Crippen molar-refractivity contribution >= 4 is 17.7 Å². The largest absolute Gasteiger partial charge is 0.480 e. The Kier molecular flexibility index (Phi) is 5.87. The molecule has 138 valence electrons. The molecule has 1 aliphatic rings. The number of methoxy groups -OCH3 is 1. The maximum absolute atomic E-state index is 13.3.